The van der Waals surface area contributed by atoms with Gasteiger partial charge in [-0.25, -0.2) is 0 Å². The van der Waals surface area contributed by atoms with Crippen LogP contribution in [0.2, 0.25) is 0 Å². The van der Waals surface area contributed by atoms with Gasteiger partial charge < -0.3 is 10.5 Å². The summed E-state index contributed by atoms with van der Waals surface area (Å²) in [6.07, 6.45) is 4.49. The van der Waals surface area contributed by atoms with E-state index in [0.29, 0.717) is 6.10 Å². The van der Waals surface area contributed by atoms with Crippen molar-refractivity contribution in [3.63, 3.8) is 0 Å². The second kappa shape index (κ2) is 6.53. The molecule has 0 amide bonds. The predicted octanol–water partition coefficient (Wildman–Crippen LogP) is 1.04. The Morgan fingerprint density at radius 1 is 1.57 bits per heavy atom. The minimum Gasteiger partial charge on any atom is -0.378 e. The van der Waals surface area contributed by atoms with Crippen molar-refractivity contribution in [2.75, 3.05) is 18.1 Å². The second-order valence-electron chi connectivity index (χ2n) is 4.04. The lowest BCUT2D eigenvalue weighted by atomic mass is 10.2. The molecule has 1 aliphatic rings. The van der Waals surface area contributed by atoms with E-state index in [2.05, 4.69) is 0 Å². The van der Waals surface area contributed by atoms with Gasteiger partial charge in [0.2, 0.25) is 0 Å². The van der Waals surface area contributed by atoms with Crippen LogP contribution in [0.4, 0.5) is 0 Å². The van der Waals surface area contributed by atoms with Crippen LogP contribution in [-0.4, -0.2) is 34.5 Å². The molecule has 3 nitrogen and oxygen atoms in total. The van der Waals surface area contributed by atoms with Gasteiger partial charge in [-0.15, -0.1) is 0 Å². The number of nitrogens with two attached hydrogens (primary N) is 1. The topological polar surface area (TPSA) is 52.3 Å². The first-order valence-electron chi connectivity index (χ1n) is 5.40. The third kappa shape index (κ3) is 5.08. The second-order valence-corrected chi connectivity index (χ2v) is 5.73. The van der Waals surface area contributed by atoms with Crippen LogP contribution in [0.15, 0.2) is 0 Å². The van der Waals surface area contributed by atoms with Crippen LogP contribution in [0.25, 0.3) is 0 Å². The zero-order valence-electron chi connectivity index (χ0n) is 8.91. The molecule has 1 fully saturated rings. The van der Waals surface area contributed by atoms with E-state index in [1.165, 1.54) is 0 Å². The van der Waals surface area contributed by atoms with Gasteiger partial charge in [0.15, 0.2) is 0 Å². The van der Waals surface area contributed by atoms with Crippen molar-refractivity contribution in [2.45, 2.75) is 44.8 Å². The Balaban J connectivity index is 2.02. The molecule has 0 aliphatic carbocycles. The van der Waals surface area contributed by atoms with Gasteiger partial charge in [-0.3, -0.25) is 4.21 Å². The fourth-order valence-electron chi connectivity index (χ4n) is 1.55. The quantitative estimate of drug-likeness (QED) is 0.726. The van der Waals surface area contributed by atoms with Gasteiger partial charge in [-0.05, 0) is 32.6 Å². The molecular formula is C10H21NO2S. The van der Waals surface area contributed by atoms with Crippen molar-refractivity contribution >= 4 is 10.8 Å². The molecule has 0 saturated carbocycles. The summed E-state index contributed by atoms with van der Waals surface area (Å²) in [5, 5.41) is 0. The van der Waals surface area contributed by atoms with E-state index in [4.69, 9.17) is 10.5 Å². The maximum Gasteiger partial charge on any atom is 0.0584 e. The van der Waals surface area contributed by atoms with Crippen LogP contribution in [0.1, 0.15) is 32.6 Å². The summed E-state index contributed by atoms with van der Waals surface area (Å²) < 4.78 is 17.0. The van der Waals surface area contributed by atoms with Gasteiger partial charge in [0.05, 0.1) is 6.10 Å². The Bertz CT molecular complexity index is 179. The molecule has 84 valence electrons. The van der Waals surface area contributed by atoms with E-state index in [1.807, 2.05) is 6.92 Å². The molecule has 3 atom stereocenters. The molecule has 1 rings (SSSR count). The van der Waals surface area contributed by atoms with E-state index in [9.17, 15) is 4.21 Å². The fraction of sp³-hybridized carbons (Fsp3) is 1.00. The van der Waals surface area contributed by atoms with Gasteiger partial charge in [-0.2, -0.15) is 0 Å². The number of ether oxygens (including phenoxy) is 1. The molecule has 1 heterocycles. The highest BCUT2D eigenvalue weighted by Gasteiger charge is 2.16. The summed E-state index contributed by atoms with van der Waals surface area (Å²) in [7, 11) is -0.697. The van der Waals surface area contributed by atoms with Crippen LogP contribution in [-0.2, 0) is 15.5 Å². The molecule has 0 radical (unpaired) electrons. The summed E-state index contributed by atoms with van der Waals surface area (Å²) in [5.74, 6) is 1.52. The summed E-state index contributed by atoms with van der Waals surface area (Å²) in [6.45, 7) is 2.84. The minimum atomic E-state index is -0.697. The lowest BCUT2D eigenvalue weighted by Gasteiger charge is -2.09. The van der Waals surface area contributed by atoms with Gasteiger partial charge in [0.25, 0.3) is 0 Å². The molecule has 0 aromatic heterocycles. The Morgan fingerprint density at radius 3 is 2.93 bits per heavy atom. The van der Waals surface area contributed by atoms with Crippen molar-refractivity contribution in [3.8, 4) is 0 Å². The Morgan fingerprint density at radius 2 is 2.36 bits per heavy atom. The van der Waals surface area contributed by atoms with E-state index >= 15 is 0 Å². The first-order valence-corrected chi connectivity index (χ1v) is 6.89. The molecule has 3 unspecified atom stereocenters. The molecule has 14 heavy (non-hydrogen) atoms. The smallest absolute Gasteiger partial charge is 0.0584 e. The number of hydrogen-bond acceptors (Lipinski definition) is 3. The third-order valence-electron chi connectivity index (χ3n) is 2.49. The van der Waals surface area contributed by atoms with Crippen LogP contribution < -0.4 is 5.73 Å². The first-order chi connectivity index (χ1) is 6.68. The molecule has 4 heteroatoms. The molecule has 0 aromatic rings. The largest absolute Gasteiger partial charge is 0.378 e. The molecule has 0 aromatic carbocycles. The van der Waals surface area contributed by atoms with Gasteiger partial charge >= 0.3 is 0 Å². The van der Waals surface area contributed by atoms with Crippen molar-refractivity contribution < 1.29 is 8.95 Å². The lowest BCUT2D eigenvalue weighted by molar-refractivity contribution is 0.109. The lowest BCUT2D eigenvalue weighted by Crippen LogP contribution is -2.19. The molecule has 1 aliphatic heterocycles. The molecule has 0 bridgehead atoms. The normalized spacial score (nSPS) is 26.3. The predicted molar refractivity (Wildman–Crippen MR) is 59.7 cm³/mol. The van der Waals surface area contributed by atoms with Crippen LogP contribution >= 0.6 is 0 Å². The summed E-state index contributed by atoms with van der Waals surface area (Å²) in [5.41, 5.74) is 5.60. The van der Waals surface area contributed by atoms with E-state index in [-0.39, 0.29) is 6.04 Å². The average Bonchev–Trinajstić information content (AvgIpc) is 2.63. The minimum absolute atomic E-state index is 0.168. The summed E-state index contributed by atoms with van der Waals surface area (Å²) in [4.78, 5) is 0. The standard InChI is InChI=1S/C10H21NO2S/c1-9(11)4-7-14(12)8-5-10-3-2-6-13-10/h9-10H,2-8,11H2,1H3. The summed E-state index contributed by atoms with van der Waals surface area (Å²) >= 11 is 0. The Labute approximate surface area is 88.8 Å². The maximum absolute atomic E-state index is 11.5. The van der Waals surface area contributed by atoms with E-state index in [1.54, 1.807) is 0 Å². The van der Waals surface area contributed by atoms with Crippen LogP contribution in [0, 0.1) is 0 Å². The van der Waals surface area contributed by atoms with Gasteiger partial charge in [0, 0.05) is 35.0 Å². The molecule has 1 saturated heterocycles. The SMILES string of the molecule is CC(N)CCS(=O)CCC1CCCO1. The van der Waals surface area contributed by atoms with Crippen molar-refractivity contribution in [1.82, 2.24) is 0 Å². The van der Waals surface area contributed by atoms with E-state index < -0.39 is 10.8 Å². The monoisotopic (exact) mass is 219 g/mol. The summed E-state index contributed by atoms with van der Waals surface area (Å²) in [6, 6.07) is 0.168. The highest BCUT2D eigenvalue weighted by molar-refractivity contribution is 7.84. The third-order valence-corrected chi connectivity index (χ3v) is 3.87. The first kappa shape index (κ1) is 12.1. The van der Waals surface area contributed by atoms with Gasteiger partial charge in [-0.1, -0.05) is 0 Å². The molecular weight excluding hydrogens is 198 g/mol. The van der Waals surface area contributed by atoms with Gasteiger partial charge in [0.1, 0.15) is 0 Å². The van der Waals surface area contributed by atoms with Crippen molar-refractivity contribution in [3.05, 3.63) is 0 Å². The number of rotatable bonds is 6. The zero-order chi connectivity index (χ0) is 10.4. The highest BCUT2D eigenvalue weighted by atomic mass is 32.2. The zero-order valence-corrected chi connectivity index (χ0v) is 9.72. The van der Waals surface area contributed by atoms with E-state index in [0.717, 1.165) is 43.8 Å². The van der Waals surface area contributed by atoms with Crippen molar-refractivity contribution in [1.29, 1.82) is 0 Å². The average molecular weight is 219 g/mol. The Hall–Kier alpha value is 0.0700. The molecule has 2 N–H and O–H groups in total. The highest BCUT2D eigenvalue weighted by Crippen LogP contribution is 2.15. The van der Waals surface area contributed by atoms with Crippen LogP contribution in [0.3, 0.4) is 0 Å². The maximum atomic E-state index is 11.5. The fourth-order valence-corrected chi connectivity index (χ4v) is 2.92. The number of hydrogen-bond donors (Lipinski definition) is 1. The molecule has 0 spiro atoms. The van der Waals surface area contributed by atoms with Crippen molar-refractivity contribution in [2.24, 2.45) is 5.73 Å². The Kier molecular flexibility index (Phi) is 5.67. The van der Waals surface area contributed by atoms with Crippen LogP contribution in [0.5, 0.6) is 0 Å².